The Morgan fingerprint density at radius 2 is 1.67 bits per heavy atom. The van der Waals surface area contributed by atoms with Crippen molar-refractivity contribution in [2.24, 2.45) is 0 Å². The molecule has 0 unspecified atom stereocenters. The number of nitrogens with one attached hydrogen (secondary N) is 2. The highest BCUT2D eigenvalue weighted by molar-refractivity contribution is 6.04. The van der Waals surface area contributed by atoms with Crippen LogP contribution in [0.25, 0.3) is 0 Å². The summed E-state index contributed by atoms with van der Waals surface area (Å²) in [5, 5.41) is 5.85. The van der Waals surface area contributed by atoms with E-state index in [1.807, 2.05) is 36.4 Å². The fourth-order valence-electron chi connectivity index (χ4n) is 2.06. The topological polar surface area (TPSA) is 76.1 Å². The van der Waals surface area contributed by atoms with E-state index in [1.54, 1.807) is 25.3 Å². The predicted molar refractivity (Wildman–Crippen MR) is 92.7 cm³/mol. The summed E-state index contributed by atoms with van der Waals surface area (Å²) >= 11 is 0. The minimum atomic E-state index is -0.283. The van der Waals surface area contributed by atoms with Crippen LogP contribution >= 0.6 is 0 Å². The van der Waals surface area contributed by atoms with Gasteiger partial charge >= 0.3 is 0 Å². The molecule has 120 valence electrons. The Hall–Kier alpha value is -3.41. The number of benzene rings is 2. The number of ether oxygens (including phenoxy) is 1. The number of anilines is 3. The number of rotatable bonds is 5. The first-order valence-corrected chi connectivity index (χ1v) is 7.34. The molecule has 0 saturated carbocycles. The van der Waals surface area contributed by atoms with E-state index >= 15 is 0 Å². The van der Waals surface area contributed by atoms with E-state index in [1.165, 1.54) is 12.4 Å². The van der Waals surface area contributed by atoms with E-state index in [-0.39, 0.29) is 5.91 Å². The molecule has 0 atom stereocenters. The Morgan fingerprint density at radius 3 is 2.38 bits per heavy atom. The molecule has 3 aromatic rings. The van der Waals surface area contributed by atoms with E-state index in [9.17, 15) is 4.79 Å². The third-order valence-corrected chi connectivity index (χ3v) is 3.27. The van der Waals surface area contributed by atoms with Gasteiger partial charge in [0.15, 0.2) is 0 Å². The first-order chi connectivity index (χ1) is 11.7. The molecule has 6 nitrogen and oxygen atoms in total. The molecule has 0 fully saturated rings. The van der Waals surface area contributed by atoms with Gasteiger partial charge in [-0.1, -0.05) is 24.3 Å². The SMILES string of the molecule is COc1cccc(NC(=O)c2cnc(Nc3ccccc3)nc2)c1. The van der Waals surface area contributed by atoms with E-state index in [0.29, 0.717) is 22.9 Å². The third-order valence-electron chi connectivity index (χ3n) is 3.27. The number of carbonyl (C=O) groups is 1. The zero-order chi connectivity index (χ0) is 16.8. The van der Waals surface area contributed by atoms with Crippen LogP contribution in [0.2, 0.25) is 0 Å². The summed E-state index contributed by atoms with van der Waals surface area (Å²) in [4.78, 5) is 20.6. The van der Waals surface area contributed by atoms with Gasteiger partial charge in [0.25, 0.3) is 5.91 Å². The summed E-state index contributed by atoms with van der Waals surface area (Å²) < 4.78 is 5.13. The van der Waals surface area contributed by atoms with Crippen molar-refractivity contribution in [1.82, 2.24) is 9.97 Å². The molecule has 0 aliphatic heterocycles. The molecule has 24 heavy (non-hydrogen) atoms. The van der Waals surface area contributed by atoms with Crippen LogP contribution in [0, 0.1) is 0 Å². The summed E-state index contributed by atoms with van der Waals surface area (Å²) in [6.07, 6.45) is 2.96. The first kappa shape index (κ1) is 15.5. The van der Waals surface area contributed by atoms with Gasteiger partial charge < -0.3 is 15.4 Å². The van der Waals surface area contributed by atoms with E-state index < -0.39 is 0 Å². The fourth-order valence-corrected chi connectivity index (χ4v) is 2.06. The maximum absolute atomic E-state index is 12.2. The lowest BCUT2D eigenvalue weighted by atomic mass is 10.2. The number of carbonyl (C=O) groups excluding carboxylic acids is 1. The van der Waals surface area contributed by atoms with Gasteiger partial charge in [-0.25, -0.2) is 9.97 Å². The van der Waals surface area contributed by atoms with Crippen molar-refractivity contribution in [2.75, 3.05) is 17.7 Å². The monoisotopic (exact) mass is 320 g/mol. The molecule has 2 N–H and O–H groups in total. The maximum Gasteiger partial charge on any atom is 0.258 e. The van der Waals surface area contributed by atoms with Crippen molar-refractivity contribution < 1.29 is 9.53 Å². The maximum atomic E-state index is 12.2. The normalized spacial score (nSPS) is 10.0. The number of methoxy groups -OCH3 is 1. The second kappa shape index (κ2) is 7.23. The number of hydrogen-bond donors (Lipinski definition) is 2. The molecule has 0 bridgehead atoms. The lowest BCUT2D eigenvalue weighted by Gasteiger charge is -2.07. The number of amides is 1. The Kier molecular flexibility index (Phi) is 4.67. The molecule has 0 spiro atoms. The molecule has 1 amide bonds. The number of hydrogen-bond acceptors (Lipinski definition) is 5. The second-order valence-corrected chi connectivity index (χ2v) is 4.97. The van der Waals surface area contributed by atoms with E-state index in [2.05, 4.69) is 20.6 Å². The highest BCUT2D eigenvalue weighted by Gasteiger charge is 2.08. The van der Waals surface area contributed by atoms with Crippen molar-refractivity contribution >= 4 is 23.2 Å². The molecule has 0 saturated heterocycles. The van der Waals surface area contributed by atoms with Crippen molar-refractivity contribution in [1.29, 1.82) is 0 Å². The smallest absolute Gasteiger partial charge is 0.258 e. The largest absolute Gasteiger partial charge is 0.497 e. The van der Waals surface area contributed by atoms with Crippen LogP contribution in [-0.2, 0) is 0 Å². The molecule has 0 radical (unpaired) electrons. The standard InChI is InChI=1S/C18H16N4O2/c1-24-16-9-5-8-15(10-16)21-17(23)13-11-19-18(20-12-13)22-14-6-3-2-4-7-14/h2-12H,1H3,(H,21,23)(H,19,20,22). The van der Waals surface area contributed by atoms with Crippen molar-refractivity contribution in [3.8, 4) is 5.75 Å². The molecular weight excluding hydrogens is 304 g/mol. The van der Waals surface area contributed by atoms with Crippen LogP contribution in [0.15, 0.2) is 67.0 Å². The van der Waals surface area contributed by atoms with Gasteiger partial charge in [0, 0.05) is 29.8 Å². The average molecular weight is 320 g/mol. The van der Waals surface area contributed by atoms with Gasteiger partial charge in [-0.05, 0) is 24.3 Å². The van der Waals surface area contributed by atoms with Gasteiger partial charge in [-0.15, -0.1) is 0 Å². The van der Waals surface area contributed by atoms with Crippen molar-refractivity contribution in [2.45, 2.75) is 0 Å². The molecule has 1 heterocycles. The lowest BCUT2D eigenvalue weighted by molar-refractivity contribution is 0.102. The zero-order valence-electron chi connectivity index (χ0n) is 13.1. The molecule has 0 aliphatic carbocycles. The van der Waals surface area contributed by atoms with Gasteiger partial charge in [-0.2, -0.15) is 0 Å². The summed E-state index contributed by atoms with van der Waals surface area (Å²) in [6, 6.07) is 16.7. The predicted octanol–water partition coefficient (Wildman–Crippen LogP) is 3.48. The lowest BCUT2D eigenvalue weighted by Crippen LogP contribution is -2.13. The number of aromatic nitrogens is 2. The summed E-state index contributed by atoms with van der Waals surface area (Å²) in [7, 11) is 1.58. The highest BCUT2D eigenvalue weighted by atomic mass is 16.5. The minimum Gasteiger partial charge on any atom is -0.497 e. The average Bonchev–Trinajstić information content (AvgIpc) is 2.63. The van der Waals surface area contributed by atoms with Crippen LogP contribution in [-0.4, -0.2) is 23.0 Å². The molecule has 3 rings (SSSR count). The van der Waals surface area contributed by atoms with Gasteiger partial charge in [0.05, 0.1) is 12.7 Å². The van der Waals surface area contributed by atoms with E-state index in [4.69, 9.17) is 4.74 Å². The minimum absolute atomic E-state index is 0.283. The quantitative estimate of drug-likeness (QED) is 0.752. The molecule has 0 aliphatic rings. The van der Waals surface area contributed by atoms with E-state index in [0.717, 1.165) is 5.69 Å². The zero-order valence-corrected chi connectivity index (χ0v) is 13.1. The Balaban J connectivity index is 1.67. The van der Waals surface area contributed by atoms with Crippen LogP contribution < -0.4 is 15.4 Å². The molecule has 2 aromatic carbocycles. The van der Waals surface area contributed by atoms with Crippen LogP contribution in [0.1, 0.15) is 10.4 Å². The Morgan fingerprint density at radius 1 is 0.958 bits per heavy atom. The van der Waals surface area contributed by atoms with Crippen LogP contribution in [0.5, 0.6) is 5.75 Å². The Labute approximate surface area is 139 Å². The third kappa shape index (κ3) is 3.86. The number of para-hydroxylation sites is 1. The summed E-state index contributed by atoms with van der Waals surface area (Å²) in [5.41, 5.74) is 1.90. The first-order valence-electron chi connectivity index (χ1n) is 7.34. The van der Waals surface area contributed by atoms with Crippen molar-refractivity contribution in [3.05, 3.63) is 72.6 Å². The fraction of sp³-hybridized carbons (Fsp3) is 0.0556. The van der Waals surface area contributed by atoms with Crippen LogP contribution in [0.4, 0.5) is 17.3 Å². The Bertz CT molecular complexity index is 820. The van der Waals surface area contributed by atoms with Gasteiger partial charge in [0.1, 0.15) is 5.75 Å². The number of nitrogens with zero attached hydrogens (tertiary/aromatic N) is 2. The molecular formula is C18H16N4O2. The van der Waals surface area contributed by atoms with Crippen molar-refractivity contribution in [3.63, 3.8) is 0 Å². The summed E-state index contributed by atoms with van der Waals surface area (Å²) in [6.45, 7) is 0. The molecule has 1 aromatic heterocycles. The second-order valence-electron chi connectivity index (χ2n) is 4.97. The molecule has 6 heteroatoms. The summed E-state index contributed by atoms with van der Waals surface area (Å²) in [5.74, 6) is 0.820. The highest BCUT2D eigenvalue weighted by Crippen LogP contribution is 2.17. The van der Waals surface area contributed by atoms with Gasteiger partial charge in [0.2, 0.25) is 5.95 Å². The van der Waals surface area contributed by atoms with Gasteiger partial charge in [-0.3, -0.25) is 4.79 Å². The van der Waals surface area contributed by atoms with Crippen LogP contribution in [0.3, 0.4) is 0 Å².